The Morgan fingerprint density at radius 3 is 2.48 bits per heavy atom. The molecule has 0 spiro atoms. The van der Waals surface area contributed by atoms with E-state index in [0.29, 0.717) is 6.54 Å². The minimum absolute atomic E-state index is 0. The van der Waals surface area contributed by atoms with Crippen molar-refractivity contribution >= 4 is 18.3 Å². The number of amides is 1. The molecule has 0 saturated heterocycles. The molecule has 118 valence electrons. The average molecular weight is 313 g/mol. The second-order valence-electron chi connectivity index (χ2n) is 5.81. The predicted octanol–water partition coefficient (Wildman–Crippen LogP) is 2.57. The van der Waals surface area contributed by atoms with Gasteiger partial charge >= 0.3 is 0 Å². The number of nitrogens with two attached hydrogens (primary N) is 1. The van der Waals surface area contributed by atoms with E-state index in [2.05, 4.69) is 5.32 Å². The lowest BCUT2D eigenvalue weighted by Crippen LogP contribution is -2.53. The number of aryl methyl sites for hydroxylation is 1. The molecule has 1 aromatic carbocycles. The molecule has 1 aliphatic carbocycles. The topological polar surface area (TPSA) is 64.3 Å². The van der Waals surface area contributed by atoms with E-state index in [4.69, 9.17) is 10.5 Å². The number of rotatable bonds is 5. The first-order chi connectivity index (χ1) is 9.49. The van der Waals surface area contributed by atoms with Crippen molar-refractivity contribution in [1.29, 1.82) is 0 Å². The lowest BCUT2D eigenvalue weighted by atomic mass is 9.98. The molecule has 1 amide bonds. The Labute approximate surface area is 132 Å². The third-order valence-corrected chi connectivity index (χ3v) is 3.86. The van der Waals surface area contributed by atoms with Gasteiger partial charge < -0.3 is 15.8 Å². The van der Waals surface area contributed by atoms with E-state index in [1.165, 1.54) is 5.56 Å². The van der Waals surface area contributed by atoms with Crippen molar-refractivity contribution in [3.8, 4) is 5.75 Å². The minimum Gasteiger partial charge on any atom is -0.489 e. The molecular formula is C16H25ClN2O2. The summed E-state index contributed by atoms with van der Waals surface area (Å²) in [5.74, 6) is 0.773. The van der Waals surface area contributed by atoms with Gasteiger partial charge in [0.05, 0.1) is 12.1 Å². The largest absolute Gasteiger partial charge is 0.489 e. The van der Waals surface area contributed by atoms with Gasteiger partial charge in [0.2, 0.25) is 5.91 Å². The van der Waals surface area contributed by atoms with Crippen molar-refractivity contribution in [3.63, 3.8) is 0 Å². The smallest absolute Gasteiger partial charge is 0.240 e. The molecule has 21 heavy (non-hydrogen) atoms. The van der Waals surface area contributed by atoms with Crippen LogP contribution in [0.15, 0.2) is 24.3 Å². The number of carbonyl (C=O) groups excluding carboxylic acids is 1. The van der Waals surface area contributed by atoms with Crippen LogP contribution in [0.2, 0.25) is 0 Å². The van der Waals surface area contributed by atoms with Crippen LogP contribution in [0.1, 0.15) is 38.2 Å². The molecule has 1 saturated carbocycles. The van der Waals surface area contributed by atoms with E-state index in [0.717, 1.165) is 31.4 Å². The average Bonchev–Trinajstić information content (AvgIpc) is 2.87. The third-order valence-electron chi connectivity index (χ3n) is 3.86. The van der Waals surface area contributed by atoms with E-state index >= 15 is 0 Å². The van der Waals surface area contributed by atoms with Crippen molar-refractivity contribution in [2.75, 3.05) is 6.54 Å². The normalized spacial score (nSPS) is 17.7. The van der Waals surface area contributed by atoms with Crippen LogP contribution in [-0.4, -0.2) is 24.1 Å². The molecule has 0 radical (unpaired) electrons. The molecule has 3 N–H and O–H groups in total. The van der Waals surface area contributed by atoms with Gasteiger partial charge in [0, 0.05) is 0 Å². The van der Waals surface area contributed by atoms with E-state index in [1.54, 1.807) is 0 Å². The van der Waals surface area contributed by atoms with Crippen LogP contribution in [0.4, 0.5) is 0 Å². The summed E-state index contributed by atoms with van der Waals surface area (Å²) in [6.07, 6.45) is 3.57. The van der Waals surface area contributed by atoms with Crippen LogP contribution in [-0.2, 0) is 4.79 Å². The second kappa shape index (κ2) is 7.66. The lowest BCUT2D eigenvalue weighted by molar-refractivity contribution is -0.126. The highest BCUT2D eigenvalue weighted by molar-refractivity contribution is 5.86. The Hall–Kier alpha value is -1.26. The van der Waals surface area contributed by atoms with Gasteiger partial charge in [0.15, 0.2) is 0 Å². The van der Waals surface area contributed by atoms with Gasteiger partial charge in [-0.15, -0.1) is 12.4 Å². The fourth-order valence-corrected chi connectivity index (χ4v) is 2.54. The lowest BCUT2D eigenvalue weighted by Gasteiger charge is -2.24. The van der Waals surface area contributed by atoms with Gasteiger partial charge in [-0.05, 0) is 38.8 Å². The van der Waals surface area contributed by atoms with Crippen LogP contribution in [0.3, 0.4) is 0 Å². The summed E-state index contributed by atoms with van der Waals surface area (Å²) in [5, 5.41) is 2.91. The number of halogens is 1. The van der Waals surface area contributed by atoms with Crippen molar-refractivity contribution in [1.82, 2.24) is 5.32 Å². The summed E-state index contributed by atoms with van der Waals surface area (Å²) in [5.41, 5.74) is 6.64. The summed E-state index contributed by atoms with van der Waals surface area (Å²) < 4.78 is 5.76. The monoisotopic (exact) mass is 312 g/mol. The number of hydrogen-bond acceptors (Lipinski definition) is 3. The van der Waals surface area contributed by atoms with E-state index in [9.17, 15) is 4.79 Å². The zero-order valence-electron chi connectivity index (χ0n) is 12.7. The number of carbonyl (C=O) groups is 1. The molecule has 5 heteroatoms. The Morgan fingerprint density at radius 2 is 1.90 bits per heavy atom. The SMILES string of the molecule is Cc1ccc(OC(C)CNC(=O)C2(N)CCCC2)cc1.Cl. The van der Waals surface area contributed by atoms with E-state index in [1.807, 2.05) is 38.1 Å². The quantitative estimate of drug-likeness (QED) is 0.878. The zero-order chi connectivity index (χ0) is 14.6. The van der Waals surface area contributed by atoms with Gasteiger partial charge in [0.1, 0.15) is 11.9 Å². The Balaban J connectivity index is 0.00000220. The Kier molecular flexibility index (Phi) is 6.49. The molecule has 1 aromatic rings. The minimum atomic E-state index is -0.663. The zero-order valence-corrected chi connectivity index (χ0v) is 13.5. The maximum absolute atomic E-state index is 12.1. The van der Waals surface area contributed by atoms with Crippen molar-refractivity contribution < 1.29 is 9.53 Å². The molecule has 1 unspecified atom stereocenters. The molecule has 1 fully saturated rings. The van der Waals surface area contributed by atoms with Crippen LogP contribution < -0.4 is 15.8 Å². The third kappa shape index (κ3) is 4.90. The predicted molar refractivity (Wildman–Crippen MR) is 86.9 cm³/mol. The molecular weight excluding hydrogens is 288 g/mol. The summed E-state index contributed by atoms with van der Waals surface area (Å²) in [6.45, 7) is 4.46. The molecule has 0 aromatic heterocycles. The van der Waals surface area contributed by atoms with Gasteiger partial charge in [-0.1, -0.05) is 30.5 Å². The molecule has 1 atom stereocenters. The number of hydrogen-bond donors (Lipinski definition) is 2. The highest BCUT2D eigenvalue weighted by atomic mass is 35.5. The van der Waals surface area contributed by atoms with E-state index in [-0.39, 0.29) is 24.4 Å². The van der Waals surface area contributed by atoms with Crippen molar-refractivity contribution in [2.45, 2.75) is 51.2 Å². The number of ether oxygens (including phenoxy) is 1. The Morgan fingerprint density at radius 1 is 1.33 bits per heavy atom. The Bertz CT molecular complexity index is 456. The van der Waals surface area contributed by atoms with Gasteiger partial charge in [0.25, 0.3) is 0 Å². The van der Waals surface area contributed by atoms with Crippen LogP contribution >= 0.6 is 12.4 Å². The summed E-state index contributed by atoms with van der Waals surface area (Å²) in [4.78, 5) is 12.1. The summed E-state index contributed by atoms with van der Waals surface area (Å²) in [6, 6.07) is 7.90. The maximum Gasteiger partial charge on any atom is 0.240 e. The van der Waals surface area contributed by atoms with E-state index < -0.39 is 5.54 Å². The number of nitrogens with one attached hydrogen (secondary N) is 1. The second-order valence-corrected chi connectivity index (χ2v) is 5.81. The molecule has 0 aliphatic heterocycles. The summed E-state index contributed by atoms with van der Waals surface area (Å²) in [7, 11) is 0. The highest BCUT2D eigenvalue weighted by Crippen LogP contribution is 2.27. The first-order valence-electron chi connectivity index (χ1n) is 7.30. The highest BCUT2D eigenvalue weighted by Gasteiger charge is 2.36. The van der Waals surface area contributed by atoms with Gasteiger partial charge in [-0.25, -0.2) is 0 Å². The standard InChI is InChI=1S/C16H24N2O2.ClH/c1-12-5-7-14(8-6-12)20-13(2)11-18-15(19)16(17)9-3-4-10-16;/h5-8,13H,3-4,9-11,17H2,1-2H3,(H,18,19);1H. The molecule has 2 rings (SSSR count). The number of benzene rings is 1. The molecule has 0 bridgehead atoms. The van der Waals surface area contributed by atoms with Crippen molar-refractivity contribution in [3.05, 3.63) is 29.8 Å². The molecule has 4 nitrogen and oxygen atoms in total. The fraction of sp³-hybridized carbons (Fsp3) is 0.562. The van der Waals surface area contributed by atoms with Gasteiger partial charge in [-0.2, -0.15) is 0 Å². The molecule has 0 heterocycles. The van der Waals surface area contributed by atoms with Crippen molar-refractivity contribution in [2.24, 2.45) is 5.73 Å². The van der Waals surface area contributed by atoms with Crippen LogP contribution in [0.25, 0.3) is 0 Å². The van der Waals surface area contributed by atoms with Crippen LogP contribution in [0.5, 0.6) is 5.75 Å². The summed E-state index contributed by atoms with van der Waals surface area (Å²) >= 11 is 0. The van der Waals surface area contributed by atoms with Crippen LogP contribution in [0, 0.1) is 6.92 Å². The van der Waals surface area contributed by atoms with Gasteiger partial charge in [-0.3, -0.25) is 4.79 Å². The maximum atomic E-state index is 12.1. The first-order valence-corrected chi connectivity index (χ1v) is 7.30. The first kappa shape index (κ1) is 17.8. The fourth-order valence-electron chi connectivity index (χ4n) is 2.54. The molecule has 1 aliphatic rings.